The number of aliphatic hydroxyl groups excluding tert-OH is 2. The van der Waals surface area contributed by atoms with Crippen LogP contribution in [0.15, 0.2) is 60.5 Å². The number of hydrogen-bond acceptors (Lipinski definition) is 9. The van der Waals surface area contributed by atoms with Gasteiger partial charge in [-0.05, 0) is 49.8 Å². The molecule has 41 heavy (non-hydrogen) atoms. The highest BCUT2D eigenvalue weighted by atomic mass is 19.4. The number of pyridine rings is 1. The van der Waals surface area contributed by atoms with Gasteiger partial charge in [-0.3, -0.25) is 4.79 Å². The highest BCUT2D eigenvalue weighted by Gasteiger charge is 2.32. The minimum atomic E-state index is -4.71. The van der Waals surface area contributed by atoms with Crippen molar-refractivity contribution in [2.45, 2.75) is 26.1 Å². The standard InChI is InChI=1S/C27H29F4N7O3/c1-15(3-4-16(2)22-13-33-23(32)25(38-22)36-12-20(40)14-39)10-34-24-21(9-17(11-35-24)27(29,30)31)26(41)37-19-7-5-18(28)6-8-19/h3-9,11,13,20,39-40H,10,12,14H2,1-2H3,(H2,32,33)(H,34,35)(H,36,38)(H,37,41)/b15-3+,16-4+. The van der Waals surface area contributed by atoms with E-state index in [1.54, 1.807) is 26.0 Å². The van der Waals surface area contributed by atoms with Crippen LogP contribution in [-0.4, -0.2) is 56.9 Å². The molecule has 0 aliphatic heterocycles. The van der Waals surface area contributed by atoms with Gasteiger partial charge in [-0.1, -0.05) is 17.7 Å². The Bertz CT molecular complexity index is 1430. The zero-order valence-corrected chi connectivity index (χ0v) is 22.1. The third-order valence-corrected chi connectivity index (χ3v) is 5.63. The number of nitrogens with two attached hydrogens (primary N) is 1. The first-order chi connectivity index (χ1) is 19.4. The number of nitrogens with zero attached hydrogens (tertiary/aromatic N) is 3. The van der Waals surface area contributed by atoms with Gasteiger partial charge in [0.2, 0.25) is 0 Å². The van der Waals surface area contributed by atoms with Crippen molar-refractivity contribution in [3.63, 3.8) is 0 Å². The molecule has 0 aliphatic rings. The van der Waals surface area contributed by atoms with Crippen LogP contribution in [0.1, 0.15) is 35.5 Å². The number of amides is 1. The largest absolute Gasteiger partial charge is 0.417 e. The number of alkyl halides is 3. The molecule has 14 heteroatoms. The van der Waals surface area contributed by atoms with Crippen LogP contribution in [0.5, 0.6) is 0 Å². The summed E-state index contributed by atoms with van der Waals surface area (Å²) in [5.74, 6) is -1.10. The highest BCUT2D eigenvalue weighted by Crippen LogP contribution is 2.31. The van der Waals surface area contributed by atoms with Gasteiger partial charge in [0, 0.05) is 25.0 Å². The molecule has 7 N–H and O–H groups in total. The van der Waals surface area contributed by atoms with Crippen LogP contribution >= 0.6 is 0 Å². The number of anilines is 4. The second-order valence-corrected chi connectivity index (χ2v) is 9.00. The lowest BCUT2D eigenvalue weighted by Gasteiger charge is -2.14. The smallest absolute Gasteiger partial charge is 0.394 e. The first-order valence-electron chi connectivity index (χ1n) is 12.2. The van der Waals surface area contributed by atoms with E-state index in [2.05, 4.69) is 30.9 Å². The average Bonchev–Trinajstić information content (AvgIpc) is 2.94. The molecule has 2 heterocycles. The van der Waals surface area contributed by atoms with Crippen LogP contribution in [0.2, 0.25) is 0 Å². The summed E-state index contributed by atoms with van der Waals surface area (Å²) in [5.41, 5.74) is 6.51. The molecule has 0 saturated carbocycles. The number of aliphatic hydroxyl groups is 2. The van der Waals surface area contributed by atoms with Crippen LogP contribution in [-0.2, 0) is 6.18 Å². The summed E-state index contributed by atoms with van der Waals surface area (Å²) in [6, 6.07) is 5.48. The van der Waals surface area contributed by atoms with Crippen molar-refractivity contribution in [2.75, 3.05) is 41.4 Å². The van der Waals surface area contributed by atoms with E-state index in [1.165, 1.54) is 18.3 Å². The summed E-state index contributed by atoms with van der Waals surface area (Å²) in [6.45, 7) is 3.27. The number of carbonyl (C=O) groups excluding carboxylic acids is 1. The van der Waals surface area contributed by atoms with Gasteiger partial charge in [-0.15, -0.1) is 0 Å². The zero-order chi connectivity index (χ0) is 30.2. The molecule has 218 valence electrons. The van der Waals surface area contributed by atoms with E-state index < -0.39 is 36.2 Å². The predicted octanol–water partition coefficient (Wildman–Crippen LogP) is 4.09. The second kappa shape index (κ2) is 13.7. The Hall–Kier alpha value is -4.56. The van der Waals surface area contributed by atoms with E-state index in [0.29, 0.717) is 23.5 Å². The molecule has 1 unspecified atom stereocenters. The summed E-state index contributed by atoms with van der Waals surface area (Å²) >= 11 is 0. The van der Waals surface area contributed by atoms with Gasteiger partial charge in [0.05, 0.1) is 35.7 Å². The van der Waals surface area contributed by atoms with Crippen LogP contribution < -0.4 is 21.7 Å². The van der Waals surface area contributed by atoms with E-state index in [-0.39, 0.29) is 41.8 Å². The molecule has 0 bridgehead atoms. The minimum absolute atomic E-state index is 0.0220. The van der Waals surface area contributed by atoms with Gasteiger partial charge in [0.25, 0.3) is 5.91 Å². The number of allylic oxidation sites excluding steroid dienone is 3. The van der Waals surface area contributed by atoms with Crippen LogP contribution in [0.3, 0.4) is 0 Å². The summed E-state index contributed by atoms with van der Waals surface area (Å²) in [6.07, 6.45) is -0.132. The molecule has 2 aromatic heterocycles. The monoisotopic (exact) mass is 575 g/mol. The van der Waals surface area contributed by atoms with Gasteiger partial charge in [0.1, 0.15) is 11.6 Å². The number of aromatic nitrogens is 3. The molecular weight excluding hydrogens is 546 g/mol. The third kappa shape index (κ3) is 8.98. The van der Waals surface area contributed by atoms with Gasteiger partial charge >= 0.3 is 6.18 Å². The molecule has 1 aromatic carbocycles. The number of nitrogens with one attached hydrogen (secondary N) is 3. The molecular formula is C27H29F4N7O3. The summed E-state index contributed by atoms with van der Waals surface area (Å²) in [4.78, 5) is 25.1. The average molecular weight is 576 g/mol. The Morgan fingerprint density at radius 2 is 1.78 bits per heavy atom. The van der Waals surface area contributed by atoms with Crippen LogP contribution in [0.4, 0.5) is 40.7 Å². The lowest BCUT2D eigenvalue weighted by Crippen LogP contribution is -2.24. The van der Waals surface area contributed by atoms with Crippen LogP contribution in [0, 0.1) is 5.82 Å². The molecule has 0 fully saturated rings. The Balaban J connectivity index is 1.76. The molecule has 3 aromatic rings. The molecule has 0 spiro atoms. The summed E-state index contributed by atoms with van der Waals surface area (Å²) in [5, 5.41) is 26.6. The van der Waals surface area contributed by atoms with Crippen molar-refractivity contribution in [1.82, 2.24) is 15.0 Å². The maximum Gasteiger partial charge on any atom is 0.417 e. The van der Waals surface area contributed by atoms with Gasteiger partial charge in [0.15, 0.2) is 11.6 Å². The van der Waals surface area contributed by atoms with Crippen molar-refractivity contribution < 1.29 is 32.6 Å². The quantitative estimate of drug-likeness (QED) is 0.146. The normalized spacial score (nSPS) is 13.1. The number of hydrogen-bond donors (Lipinski definition) is 6. The number of halogens is 4. The predicted molar refractivity (Wildman–Crippen MR) is 148 cm³/mol. The fraction of sp³-hybridized carbons (Fsp3) is 0.259. The minimum Gasteiger partial charge on any atom is -0.394 e. The van der Waals surface area contributed by atoms with Crippen LogP contribution in [0.25, 0.3) is 5.57 Å². The van der Waals surface area contributed by atoms with E-state index >= 15 is 0 Å². The molecule has 0 saturated heterocycles. The van der Waals surface area contributed by atoms with E-state index in [1.807, 2.05) is 0 Å². The van der Waals surface area contributed by atoms with Crippen molar-refractivity contribution in [3.8, 4) is 0 Å². The maximum absolute atomic E-state index is 13.3. The van der Waals surface area contributed by atoms with Gasteiger partial charge in [-0.2, -0.15) is 13.2 Å². The van der Waals surface area contributed by atoms with E-state index in [0.717, 1.165) is 17.7 Å². The fourth-order valence-electron chi connectivity index (χ4n) is 3.30. The molecule has 1 amide bonds. The second-order valence-electron chi connectivity index (χ2n) is 9.00. The molecule has 0 aliphatic carbocycles. The summed E-state index contributed by atoms with van der Waals surface area (Å²) < 4.78 is 53.1. The maximum atomic E-state index is 13.3. The topological polar surface area (TPSA) is 158 Å². The Morgan fingerprint density at radius 1 is 1.07 bits per heavy atom. The van der Waals surface area contributed by atoms with E-state index in [9.17, 15) is 27.5 Å². The van der Waals surface area contributed by atoms with Crippen molar-refractivity contribution in [2.24, 2.45) is 0 Å². The number of rotatable bonds is 11. The van der Waals surface area contributed by atoms with Crippen molar-refractivity contribution >= 4 is 34.6 Å². The van der Waals surface area contributed by atoms with Crippen molar-refractivity contribution in [1.29, 1.82) is 0 Å². The van der Waals surface area contributed by atoms with E-state index in [4.69, 9.17) is 10.8 Å². The number of carbonyl (C=O) groups is 1. The van der Waals surface area contributed by atoms with Gasteiger partial charge in [-0.25, -0.2) is 19.3 Å². The summed E-state index contributed by atoms with van der Waals surface area (Å²) in [7, 11) is 0. The number of benzene rings is 1. The Labute approximate surface area is 233 Å². The Morgan fingerprint density at radius 3 is 2.44 bits per heavy atom. The Kier molecular flexibility index (Phi) is 10.3. The first kappa shape index (κ1) is 31.0. The molecule has 3 rings (SSSR count). The molecule has 1 atom stereocenters. The lowest BCUT2D eigenvalue weighted by molar-refractivity contribution is -0.137. The SMILES string of the molecule is C/C(=C\C=C(/C)c1cnc(N)c(NCC(O)CO)n1)CNc1ncc(C(F)(F)F)cc1C(=O)Nc1ccc(F)cc1. The number of nitrogen functional groups attached to an aromatic ring is 1. The highest BCUT2D eigenvalue weighted by molar-refractivity contribution is 6.07. The first-order valence-corrected chi connectivity index (χ1v) is 12.2. The fourth-order valence-corrected chi connectivity index (χ4v) is 3.30. The third-order valence-electron chi connectivity index (χ3n) is 5.63. The van der Waals surface area contributed by atoms with Crippen molar-refractivity contribution in [3.05, 3.63) is 83.1 Å². The van der Waals surface area contributed by atoms with Gasteiger partial charge < -0.3 is 31.9 Å². The zero-order valence-electron chi connectivity index (χ0n) is 22.1. The molecule has 10 nitrogen and oxygen atoms in total. The molecule has 0 radical (unpaired) electrons. The lowest BCUT2D eigenvalue weighted by atomic mass is 10.1.